The van der Waals surface area contributed by atoms with Crippen molar-refractivity contribution in [2.75, 3.05) is 32.2 Å². The van der Waals surface area contributed by atoms with Gasteiger partial charge in [-0.1, -0.05) is 12.1 Å². The molecule has 0 aliphatic carbocycles. The number of aryl methyl sites for hydroxylation is 3. The minimum absolute atomic E-state index is 0.142. The number of anilines is 1. The molecule has 0 saturated carbocycles. The Morgan fingerprint density at radius 1 is 1.21 bits per heavy atom. The Bertz CT molecular complexity index is 1300. The van der Waals surface area contributed by atoms with E-state index in [1.165, 1.54) is 4.31 Å². The monoisotopic (exact) mass is 486 g/mol. The number of amides is 1. The first-order valence-corrected chi connectivity index (χ1v) is 12.6. The quantitative estimate of drug-likeness (QED) is 0.525. The summed E-state index contributed by atoms with van der Waals surface area (Å²) in [5, 5.41) is 2.76. The van der Waals surface area contributed by atoms with Crippen LogP contribution in [-0.4, -0.2) is 61.1 Å². The second-order valence-electron chi connectivity index (χ2n) is 8.55. The van der Waals surface area contributed by atoms with Crippen LogP contribution < -0.4 is 10.1 Å². The van der Waals surface area contributed by atoms with Crippen molar-refractivity contribution < 1.29 is 22.7 Å². The van der Waals surface area contributed by atoms with E-state index in [1.807, 2.05) is 31.3 Å². The number of benzene rings is 2. The smallest absolute Gasteiger partial charge is 0.252 e. The Kier molecular flexibility index (Phi) is 6.92. The van der Waals surface area contributed by atoms with Crippen molar-refractivity contribution in [3.05, 3.63) is 47.5 Å². The van der Waals surface area contributed by atoms with Gasteiger partial charge < -0.3 is 14.0 Å². The van der Waals surface area contributed by atoms with E-state index in [9.17, 15) is 13.2 Å². The summed E-state index contributed by atoms with van der Waals surface area (Å²) in [7, 11) is -0.322. The van der Waals surface area contributed by atoms with Gasteiger partial charge in [-0.2, -0.15) is 4.31 Å². The number of fused-ring (bicyclic) bond motifs is 1. The summed E-state index contributed by atoms with van der Waals surface area (Å²) >= 11 is 0. The van der Waals surface area contributed by atoms with Crippen molar-refractivity contribution >= 4 is 32.9 Å². The van der Waals surface area contributed by atoms with E-state index in [0.29, 0.717) is 40.7 Å². The van der Waals surface area contributed by atoms with Crippen LogP contribution >= 0.6 is 0 Å². The van der Waals surface area contributed by atoms with Crippen molar-refractivity contribution in [3.63, 3.8) is 0 Å². The molecule has 2 heterocycles. The summed E-state index contributed by atoms with van der Waals surface area (Å²) in [5.74, 6) is 0.722. The van der Waals surface area contributed by atoms with Crippen LogP contribution in [0.1, 0.15) is 24.0 Å². The highest BCUT2D eigenvalue weighted by atomic mass is 32.2. The van der Waals surface area contributed by atoms with Crippen LogP contribution in [0.4, 0.5) is 5.95 Å². The molecule has 9 nitrogen and oxygen atoms in total. The molecule has 1 fully saturated rings. The topological polar surface area (TPSA) is 103 Å². The highest BCUT2D eigenvalue weighted by Gasteiger charge is 2.37. The van der Waals surface area contributed by atoms with Crippen LogP contribution in [0, 0.1) is 13.8 Å². The summed E-state index contributed by atoms with van der Waals surface area (Å²) in [4.78, 5) is 17.2. The average Bonchev–Trinajstić information content (AvgIpc) is 3.38. The summed E-state index contributed by atoms with van der Waals surface area (Å²) in [6.07, 6.45) is 1.42. The largest absolute Gasteiger partial charge is 0.497 e. The van der Waals surface area contributed by atoms with Crippen molar-refractivity contribution in [3.8, 4) is 5.75 Å². The number of ether oxygens (including phenoxy) is 2. The number of aromatic nitrogens is 2. The van der Waals surface area contributed by atoms with E-state index in [0.717, 1.165) is 17.5 Å². The summed E-state index contributed by atoms with van der Waals surface area (Å²) < 4.78 is 41.2. The van der Waals surface area contributed by atoms with Gasteiger partial charge in [0.15, 0.2) is 0 Å². The SMILES string of the molecule is COc1cc(C)c(S(=O)(=O)N2CCCC2COCC(=O)Nc2nc3ccccc3n2C)c(C)c1. The van der Waals surface area contributed by atoms with E-state index >= 15 is 0 Å². The molecule has 1 saturated heterocycles. The molecule has 182 valence electrons. The zero-order valence-electron chi connectivity index (χ0n) is 19.9. The van der Waals surface area contributed by atoms with Crippen LogP contribution in [0.15, 0.2) is 41.3 Å². The molecule has 0 radical (unpaired) electrons. The molecule has 1 aliphatic heterocycles. The number of methoxy groups -OCH3 is 1. The van der Waals surface area contributed by atoms with E-state index in [-0.39, 0.29) is 25.2 Å². The van der Waals surface area contributed by atoms with Gasteiger partial charge in [0.2, 0.25) is 16.0 Å². The molecule has 0 bridgehead atoms. The summed E-state index contributed by atoms with van der Waals surface area (Å²) in [5.41, 5.74) is 2.99. The number of hydrogen-bond acceptors (Lipinski definition) is 6. The van der Waals surface area contributed by atoms with Crippen LogP contribution in [0.5, 0.6) is 5.75 Å². The molecule has 2 aromatic carbocycles. The first-order valence-electron chi connectivity index (χ1n) is 11.2. The first kappa shape index (κ1) is 24.2. The molecule has 34 heavy (non-hydrogen) atoms. The number of sulfonamides is 1. The van der Waals surface area contributed by atoms with E-state index < -0.39 is 10.0 Å². The molecular weight excluding hydrogens is 456 g/mol. The predicted molar refractivity (Wildman–Crippen MR) is 130 cm³/mol. The maximum atomic E-state index is 13.5. The van der Waals surface area contributed by atoms with Gasteiger partial charge in [-0.3, -0.25) is 10.1 Å². The molecule has 1 amide bonds. The molecule has 1 aromatic heterocycles. The van der Waals surface area contributed by atoms with Crippen molar-refractivity contribution in [1.82, 2.24) is 13.9 Å². The lowest BCUT2D eigenvalue weighted by atomic mass is 10.1. The van der Waals surface area contributed by atoms with Gasteiger partial charge in [0, 0.05) is 19.6 Å². The van der Waals surface area contributed by atoms with Gasteiger partial charge in [0.1, 0.15) is 12.4 Å². The highest BCUT2D eigenvalue weighted by molar-refractivity contribution is 7.89. The Morgan fingerprint density at radius 3 is 2.59 bits per heavy atom. The fraction of sp³-hybridized carbons (Fsp3) is 0.417. The second-order valence-corrected chi connectivity index (χ2v) is 10.4. The minimum atomic E-state index is -3.71. The molecule has 0 spiro atoms. The third-order valence-electron chi connectivity index (χ3n) is 6.14. The van der Waals surface area contributed by atoms with E-state index in [4.69, 9.17) is 9.47 Å². The van der Waals surface area contributed by atoms with Gasteiger partial charge in [-0.05, 0) is 62.1 Å². The van der Waals surface area contributed by atoms with Crippen LogP contribution in [-0.2, 0) is 26.6 Å². The van der Waals surface area contributed by atoms with Gasteiger partial charge in [0.25, 0.3) is 5.91 Å². The lowest BCUT2D eigenvalue weighted by Gasteiger charge is -2.26. The Balaban J connectivity index is 1.39. The fourth-order valence-electron chi connectivity index (χ4n) is 4.55. The Hall–Kier alpha value is -2.95. The van der Waals surface area contributed by atoms with E-state index in [2.05, 4.69) is 10.3 Å². The maximum Gasteiger partial charge on any atom is 0.252 e. The Labute approximate surface area is 199 Å². The van der Waals surface area contributed by atoms with Gasteiger partial charge in [0.05, 0.1) is 29.6 Å². The summed E-state index contributed by atoms with van der Waals surface area (Å²) in [6.45, 7) is 3.93. The Morgan fingerprint density at radius 2 is 1.91 bits per heavy atom. The van der Waals surface area contributed by atoms with Crippen LogP contribution in [0.2, 0.25) is 0 Å². The first-order chi connectivity index (χ1) is 16.2. The maximum absolute atomic E-state index is 13.5. The van der Waals surface area contributed by atoms with Crippen molar-refractivity contribution in [2.45, 2.75) is 37.6 Å². The third-order valence-corrected chi connectivity index (χ3v) is 8.40. The average molecular weight is 487 g/mol. The lowest BCUT2D eigenvalue weighted by Crippen LogP contribution is -2.39. The number of imidazole rings is 1. The molecule has 1 N–H and O–H groups in total. The predicted octanol–water partition coefficient (Wildman–Crippen LogP) is 3.01. The third kappa shape index (κ3) is 4.66. The lowest BCUT2D eigenvalue weighted by molar-refractivity contribution is -0.121. The number of rotatable bonds is 8. The molecule has 1 atom stereocenters. The minimum Gasteiger partial charge on any atom is -0.497 e. The number of nitrogens with zero attached hydrogens (tertiary/aromatic N) is 3. The van der Waals surface area contributed by atoms with Gasteiger partial charge >= 0.3 is 0 Å². The number of para-hydroxylation sites is 2. The molecule has 4 rings (SSSR count). The van der Waals surface area contributed by atoms with Crippen LogP contribution in [0.3, 0.4) is 0 Å². The van der Waals surface area contributed by atoms with Gasteiger partial charge in [-0.15, -0.1) is 0 Å². The normalized spacial score (nSPS) is 16.8. The van der Waals surface area contributed by atoms with E-state index in [1.54, 1.807) is 37.7 Å². The number of nitrogens with one attached hydrogen (secondary N) is 1. The standard InChI is InChI=1S/C24H30N4O5S/c1-16-12-19(32-4)13-17(2)23(16)34(30,31)28-11-7-8-18(28)14-33-15-22(29)26-24-25-20-9-5-6-10-21(20)27(24)3/h5-6,9-10,12-13,18H,7-8,11,14-15H2,1-4H3,(H,25,26,29). The van der Waals surface area contributed by atoms with Crippen LogP contribution in [0.25, 0.3) is 11.0 Å². The number of hydrogen-bond donors (Lipinski definition) is 1. The molecule has 1 unspecified atom stereocenters. The molecule has 1 aliphatic rings. The summed E-state index contributed by atoms with van der Waals surface area (Å²) in [6, 6.07) is 10.7. The van der Waals surface area contributed by atoms with Crippen molar-refractivity contribution in [2.24, 2.45) is 7.05 Å². The fourth-order valence-corrected chi connectivity index (χ4v) is 6.64. The molecule has 3 aromatic rings. The zero-order chi connectivity index (χ0) is 24.5. The number of carbonyl (C=O) groups excluding carboxylic acids is 1. The highest BCUT2D eigenvalue weighted by Crippen LogP contribution is 2.32. The molecule has 10 heteroatoms. The van der Waals surface area contributed by atoms with Crippen molar-refractivity contribution in [1.29, 1.82) is 0 Å². The second kappa shape index (κ2) is 9.73. The van der Waals surface area contributed by atoms with Gasteiger partial charge in [-0.25, -0.2) is 13.4 Å². The zero-order valence-corrected chi connectivity index (χ0v) is 20.7. The molecular formula is C24H30N4O5S. The number of carbonyl (C=O) groups is 1.